The Labute approximate surface area is 168 Å². The lowest BCUT2D eigenvalue weighted by molar-refractivity contribution is -0.134. The summed E-state index contributed by atoms with van der Waals surface area (Å²) in [6.45, 7) is 0.883. The summed E-state index contributed by atoms with van der Waals surface area (Å²) in [7, 11) is 3.12. The molecule has 0 radical (unpaired) electrons. The maximum atomic E-state index is 12.8. The molecule has 1 fully saturated rings. The first kappa shape index (κ1) is 19.7. The van der Waals surface area contributed by atoms with E-state index in [2.05, 4.69) is 4.98 Å². The van der Waals surface area contributed by atoms with E-state index in [4.69, 9.17) is 21.1 Å². The molecule has 7 nitrogen and oxygen atoms in total. The van der Waals surface area contributed by atoms with Crippen LogP contribution in [0, 0.1) is 0 Å². The van der Waals surface area contributed by atoms with Gasteiger partial charge < -0.3 is 9.47 Å². The summed E-state index contributed by atoms with van der Waals surface area (Å²) in [5.41, 5.74) is 0.963. The van der Waals surface area contributed by atoms with Crippen LogP contribution in [0.1, 0.15) is 22.3 Å². The fourth-order valence-electron chi connectivity index (χ4n) is 2.95. The number of nitrogens with zero attached hydrogens (tertiary/aromatic N) is 3. The summed E-state index contributed by atoms with van der Waals surface area (Å²) in [6, 6.07) is 8.53. The van der Waals surface area contributed by atoms with Gasteiger partial charge in [-0.3, -0.25) is 9.59 Å². The van der Waals surface area contributed by atoms with Crippen molar-refractivity contribution in [2.75, 3.05) is 27.3 Å². The van der Waals surface area contributed by atoms with Crippen LogP contribution >= 0.6 is 11.6 Å². The highest BCUT2D eigenvalue weighted by molar-refractivity contribution is 6.32. The summed E-state index contributed by atoms with van der Waals surface area (Å²) in [6.07, 6.45) is 5.25. The highest BCUT2D eigenvalue weighted by Crippen LogP contribution is 2.25. The molecule has 1 aliphatic heterocycles. The summed E-state index contributed by atoms with van der Waals surface area (Å²) in [4.78, 5) is 29.4. The van der Waals surface area contributed by atoms with Crippen LogP contribution in [0.25, 0.3) is 6.08 Å². The van der Waals surface area contributed by atoms with E-state index in [0.717, 1.165) is 0 Å². The average molecular weight is 402 g/mol. The van der Waals surface area contributed by atoms with Gasteiger partial charge in [0.1, 0.15) is 16.7 Å². The number of halogens is 1. The second-order valence-corrected chi connectivity index (χ2v) is 6.38. The highest BCUT2D eigenvalue weighted by Gasteiger charge is 2.31. The molecule has 0 N–H and O–H groups in total. The van der Waals surface area contributed by atoms with Gasteiger partial charge in [0.2, 0.25) is 0 Å². The van der Waals surface area contributed by atoms with E-state index in [1.54, 1.807) is 50.6 Å². The Hall–Kier alpha value is -3.06. The number of hydrogen-bond donors (Lipinski definition) is 0. The van der Waals surface area contributed by atoms with Crippen LogP contribution in [-0.4, -0.2) is 54.1 Å². The molecular weight excluding hydrogens is 382 g/mol. The minimum absolute atomic E-state index is 0.114. The molecule has 0 bridgehead atoms. The van der Waals surface area contributed by atoms with E-state index in [0.29, 0.717) is 36.6 Å². The summed E-state index contributed by atoms with van der Waals surface area (Å²) >= 11 is 6.03. The molecule has 1 aromatic carbocycles. The topological polar surface area (TPSA) is 72.0 Å². The van der Waals surface area contributed by atoms with Crippen molar-refractivity contribution in [3.8, 4) is 11.5 Å². The Kier molecular flexibility index (Phi) is 6.16. The molecule has 2 amide bonds. The number of carbonyl (C=O) groups is 2. The van der Waals surface area contributed by atoms with Gasteiger partial charge in [0.15, 0.2) is 0 Å². The molecule has 1 aliphatic rings. The molecular formula is C20H20ClN3O4. The van der Waals surface area contributed by atoms with E-state index in [1.165, 1.54) is 22.3 Å². The van der Waals surface area contributed by atoms with Gasteiger partial charge in [0.05, 0.1) is 19.8 Å². The third-order valence-electron chi connectivity index (χ3n) is 4.35. The largest absolute Gasteiger partial charge is 0.497 e. The Morgan fingerprint density at radius 1 is 1.14 bits per heavy atom. The van der Waals surface area contributed by atoms with Gasteiger partial charge in [0.25, 0.3) is 11.8 Å². The third-order valence-corrected chi connectivity index (χ3v) is 4.65. The van der Waals surface area contributed by atoms with Crippen molar-refractivity contribution >= 4 is 29.5 Å². The maximum Gasteiger partial charge on any atom is 0.275 e. The van der Waals surface area contributed by atoms with Crippen molar-refractivity contribution in [1.82, 2.24) is 15.0 Å². The van der Waals surface area contributed by atoms with E-state index >= 15 is 0 Å². The number of pyridine rings is 1. The van der Waals surface area contributed by atoms with Crippen LogP contribution < -0.4 is 9.47 Å². The maximum absolute atomic E-state index is 12.8. The third kappa shape index (κ3) is 4.09. The molecule has 0 unspecified atom stereocenters. The molecule has 3 rings (SSSR count). The Bertz CT molecular complexity index is 916. The first-order valence-electron chi connectivity index (χ1n) is 8.69. The molecule has 0 saturated carbocycles. The second-order valence-electron chi connectivity index (χ2n) is 6.03. The Morgan fingerprint density at radius 3 is 2.64 bits per heavy atom. The standard InChI is InChI=1S/C20H20ClN3O4/c1-27-15-7-8-17(28-2)14(13-15)6-9-18(25)23-11-4-12-24(23)20(26)16-5-3-10-22-19(16)21/h3,5-10,13H,4,11-12H2,1-2H3/b9-6+. The fraction of sp³-hybridized carbons (Fsp3) is 0.250. The zero-order valence-corrected chi connectivity index (χ0v) is 16.3. The molecule has 28 heavy (non-hydrogen) atoms. The Balaban J connectivity index is 1.79. The van der Waals surface area contributed by atoms with Crippen LogP contribution in [0.15, 0.2) is 42.6 Å². The molecule has 1 saturated heterocycles. The molecule has 2 heterocycles. The SMILES string of the molecule is COc1ccc(OC)c(/C=C/C(=O)N2CCCN2C(=O)c2cccnc2Cl)c1. The van der Waals surface area contributed by atoms with Crippen LogP contribution in [0.3, 0.4) is 0 Å². The number of carbonyl (C=O) groups excluding carboxylic acids is 2. The van der Waals surface area contributed by atoms with E-state index in [9.17, 15) is 9.59 Å². The first-order chi connectivity index (χ1) is 13.5. The van der Waals surface area contributed by atoms with Crippen LogP contribution in [-0.2, 0) is 4.79 Å². The van der Waals surface area contributed by atoms with Crippen molar-refractivity contribution in [2.24, 2.45) is 0 Å². The fourth-order valence-corrected chi connectivity index (χ4v) is 3.15. The second kappa shape index (κ2) is 8.75. The normalized spacial score (nSPS) is 13.8. The van der Waals surface area contributed by atoms with Gasteiger partial charge in [-0.05, 0) is 42.8 Å². The van der Waals surface area contributed by atoms with E-state index < -0.39 is 0 Å². The smallest absolute Gasteiger partial charge is 0.275 e. The predicted molar refractivity (Wildman–Crippen MR) is 105 cm³/mol. The number of ether oxygens (including phenoxy) is 2. The van der Waals surface area contributed by atoms with E-state index in [-0.39, 0.29) is 22.5 Å². The molecule has 0 spiro atoms. The van der Waals surface area contributed by atoms with Gasteiger partial charge in [-0.25, -0.2) is 15.0 Å². The van der Waals surface area contributed by atoms with Gasteiger partial charge in [-0.1, -0.05) is 11.6 Å². The number of benzene rings is 1. The van der Waals surface area contributed by atoms with Crippen LogP contribution in [0.4, 0.5) is 0 Å². The summed E-state index contributed by atoms with van der Waals surface area (Å²) in [5, 5.41) is 2.93. The minimum Gasteiger partial charge on any atom is -0.497 e. The first-order valence-corrected chi connectivity index (χ1v) is 9.07. The molecule has 2 aromatic rings. The van der Waals surface area contributed by atoms with Crippen molar-refractivity contribution in [3.63, 3.8) is 0 Å². The Morgan fingerprint density at radius 2 is 1.93 bits per heavy atom. The lowest BCUT2D eigenvalue weighted by atomic mass is 10.1. The number of hydrazine groups is 1. The van der Waals surface area contributed by atoms with E-state index in [1.807, 2.05) is 0 Å². The van der Waals surface area contributed by atoms with Crippen molar-refractivity contribution in [3.05, 3.63) is 58.9 Å². The lowest BCUT2D eigenvalue weighted by Crippen LogP contribution is -2.44. The zero-order valence-electron chi connectivity index (χ0n) is 15.6. The summed E-state index contributed by atoms with van der Waals surface area (Å²) < 4.78 is 10.5. The van der Waals surface area contributed by atoms with Crippen molar-refractivity contribution < 1.29 is 19.1 Å². The minimum atomic E-state index is -0.351. The molecule has 1 aromatic heterocycles. The molecule has 8 heteroatoms. The highest BCUT2D eigenvalue weighted by atomic mass is 35.5. The number of methoxy groups -OCH3 is 2. The monoisotopic (exact) mass is 401 g/mol. The van der Waals surface area contributed by atoms with Crippen LogP contribution in [0.2, 0.25) is 5.15 Å². The summed E-state index contributed by atoms with van der Waals surface area (Å²) in [5.74, 6) is 0.602. The number of hydrogen-bond acceptors (Lipinski definition) is 5. The predicted octanol–water partition coefficient (Wildman–Crippen LogP) is 3.06. The lowest BCUT2D eigenvalue weighted by Gasteiger charge is -2.27. The van der Waals surface area contributed by atoms with Crippen molar-refractivity contribution in [1.29, 1.82) is 0 Å². The average Bonchev–Trinajstić information content (AvgIpc) is 3.21. The van der Waals surface area contributed by atoms with Gasteiger partial charge >= 0.3 is 0 Å². The zero-order chi connectivity index (χ0) is 20.1. The number of aromatic nitrogens is 1. The molecule has 0 atom stereocenters. The number of rotatable bonds is 5. The molecule has 146 valence electrons. The van der Waals surface area contributed by atoms with Crippen LogP contribution in [0.5, 0.6) is 11.5 Å². The van der Waals surface area contributed by atoms with Crippen molar-refractivity contribution in [2.45, 2.75) is 6.42 Å². The number of amides is 2. The molecule has 0 aliphatic carbocycles. The van der Waals surface area contributed by atoms with Gasteiger partial charge in [-0.15, -0.1) is 0 Å². The van der Waals surface area contributed by atoms with Gasteiger partial charge in [0, 0.05) is 30.9 Å². The van der Waals surface area contributed by atoms with Gasteiger partial charge in [-0.2, -0.15) is 0 Å². The quantitative estimate of drug-likeness (QED) is 0.568.